The van der Waals surface area contributed by atoms with Crippen molar-refractivity contribution in [2.75, 3.05) is 42.5 Å². The van der Waals surface area contributed by atoms with Gasteiger partial charge < -0.3 is 15.1 Å². The van der Waals surface area contributed by atoms with Crippen molar-refractivity contribution < 1.29 is 0 Å². The fourth-order valence-corrected chi connectivity index (χ4v) is 6.00. The number of rotatable bonds is 2. The molecule has 3 aliphatic rings. The van der Waals surface area contributed by atoms with Gasteiger partial charge in [-0.3, -0.25) is 14.3 Å². The number of benzene rings is 1. The minimum absolute atomic E-state index is 0.00648. The molecule has 0 amide bonds. The van der Waals surface area contributed by atoms with Crippen LogP contribution in [0.15, 0.2) is 47.4 Å². The highest BCUT2D eigenvalue weighted by Gasteiger charge is 2.39. The minimum Gasteiger partial charge on any atom is -0.369 e. The van der Waals surface area contributed by atoms with Crippen molar-refractivity contribution in [3.05, 3.63) is 64.1 Å². The second-order valence-electron chi connectivity index (χ2n) is 9.93. The molecule has 1 N–H and O–H groups in total. The average Bonchev–Trinajstić information content (AvgIpc) is 3.20. The van der Waals surface area contributed by atoms with Crippen molar-refractivity contribution in [2.24, 2.45) is 7.05 Å². The lowest BCUT2D eigenvalue weighted by Gasteiger charge is -2.43. The lowest BCUT2D eigenvalue weighted by atomic mass is 10.00. The van der Waals surface area contributed by atoms with Gasteiger partial charge in [0.25, 0.3) is 5.56 Å². The molecule has 172 valence electrons. The van der Waals surface area contributed by atoms with Gasteiger partial charge in [0, 0.05) is 81.7 Å². The Labute approximate surface area is 194 Å². The average molecular weight is 445 g/mol. The predicted octanol–water partition coefficient (Wildman–Crippen LogP) is 2.50. The highest BCUT2D eigenvalue weighted by Crippen LogP contribution is 2.41. The van der Waals surface area contributed by atoms with Gasteiger partial charge in [0.1, 0.15) is 5.65 Å². The third-order valence-electron chi connectivity index (χ3n) is 7.73. The zero-order chi connectivity index (χ0) is 22.7. The molecule has 3 atom stereocenters. The molecule has 33 heavy (non-hydrogen) atoms. The minimum atomic E-state index is -0.00648. The van der Waals surface area contributed by atoms with Crippen molar-refractivity contribution in [2.45, 2.75) is 38.5 Å². The van der Waals surface area contributed by atoms with Crippen LogP contribution in [0.1, 0.15) is 31.0 Å². The first kappa shape index (κ1) is 20.7. The molecule has 0 bridgehead atoms. The zero-order valence-corrected chi connectivity index (χ0v) is 19.7. The van der Waals surface area contributed by atoms with Crippen LogP contribution in [0.3, 0.4) is 0 Å². The topological polar surface area (TPSA) is 56.6 Å². The SMILES string of the molecule is C[C@@H]1CN(c2ccc3c(c2)CN2[C@H](C)CN(c4cc(=O)n(C)c5ncccc45)C[C@H]32)CCN1. The fourth-order valence-electron chi connectivity index (χ4n) is 6.00. The number of aromatic nitrogens is 2. The van der Waals surface area contributed by atoms with Crippen LogP contribution in [0.2, 0.25) is 0 Å². The first-order chi connectivity index (χ1) is 16.0. The van der Waals surface area contributed by atoms with Crippen LogP contribution in [0.4, 0.5) is 11.4 Å². The first-order valence-corrected chi connectivity index (χ1v) is 12.1. The van der Waals surface area contributed by atoms with Crippen molar-refractivity contribution in [3.8, 4) is 0 Å². The summed E-state index contributed by atoms with van der Waals surface area (Å²) in [4.78, 5) is 24.7. The van der Waals surface area contributed by atoms with E-state index in [-0.39, 0.29) is 5.56 Å². The molecule has 0 saturated carbocycles. The molecule has 6 rings (SSSR count). The maximum atomic E-state index is 12.7. The van der Waals surface area contributed by atoms with Crippen LogP contribution < -0.4 is 20.7 Å². The Morgan fingerprint density at radius 2 is 1.94 bits per heavy atom. The summed E-state index contributed by atoms with van der Waals surface area (Å²) >= 11 is 0. The van der Waals surface area contributed by atoms with E-state index < -0.39 is 0 Å². The third kappa shape index (κ3) is 3.42. The number of hydrogen-bond acceptors (Lipinski definition) is 6. The van der Waals surface area contributed by atoms with Crippen molar-refractivity contribution in [1.82, 2.24) is 19.8 Å². The zero-order valence-electron chi connectivity index (χ0n) is 19.7. The van der Waals surface area contributed by atoms with E-state index in [0.717, 1.165) is 56.0 Å². The second-order valence-corrected chi connectivity index (χ2v) is 9.93. The number of nitrogens with zero attached hydrogens (tertiary/aromatic N) is 5. The van der Waals surface area contributed by atoms with Gasteiger partial charge in [0.2, 0.25) is 0 Å². The molecule has 3 aliphatic heterocycles. The van der Waals surface area contributed by atoms with Crippen LogP contribution in [0, 0.1) is 0 Å². The van der Waals surface area contributed by atoms with E-state index in [1.807, 2.05) is 6.07 Å². The van der Waals surface area contributed by atoms with Gasteiger partial charge in [0.15, 0.2) is 0 Å². The Morgan fingerprint density at radius 3 is 2.79 bits per heavy atom. The molecule has 2 aromatic heterocycles. The Bertz CT molecular complexity index is 1270. The third-order valence-corrected chi connectivity index (χ3v) is 7.73. The summed E-state index contributed by atoms with van der Waals surface area (Å²) in [6.45, 7) is 10.5. The van der Waals surface area contributed by atoms with Gasteiger partial charge in [-0.05, 0) is 49.2 Å². The van der Waals surface area contributed by atoms with Gasteiger partial charge in [-0.25, -0.2) is 4.98 Å². The monoisotopic (exact) mass is 444 g/mol. The van der Waals surface area contributed by atoms with Crippen LogP contribution >= 0.6 is 0 Å². The number of fused-ring (bicyclic) bond motifs is 4. The van der Waals surface area contributed by atoms with Gasteiger partial charge in [-0.2, -0.15) is 0 Å². The summed E-state index contributed by atoms with van der Waals surface area (Å²) in [5.74, 6) is 0. The summed E-state index contributed by atoms with van der Waals surface area (Å²) in [5, 5.41) is 4.58. The quantitative estimate of drug-likeness (QED) is 0.656. The second kappa shape index (κ2) is 7.85. The summed E-state index contributed by atoms with van der Waals surface area (Å²) in [6.07, 6.45) is 1.76. The molecule has 0 radical (unpaired) electrons. The standard InChI is InChI=1S/C26H32N6O/c1-17-13-30(10-9-27-17)20-6-7-21-19(11-20)15-32-18(2)14-31(16-24(21)32)23-12-25(33)29(3)26-22(23)5-4-8-28-26/h4-8,11-12,17-18,24,27H,9-10,13-16H2,1-3H3/t17-,18-,24-/m1/s1. The van der Waals surface area contributed by atoms with Crippen LogP contribution in [-0.2, 0) is 13.6 Å². The highest BCUT2D eigenvalue weighted by atomic mass is 16.1. The van der Waals surface area contributed by atoms with E-state index in [4.69, 9.17) is 0 Å². The number of piperazine rings is 2. The number of hydrogen-bond donors (Lipinski definition) is 1. The number of nitrogens with one attached hydrogen (secondary N) is 1. The molecular formula is C26H32N6O. The molecule has 2 saturated heterocycles. The van der Waals surface area contributed by atoms with Gasteiger partial charge in [-0.15, -0.1) is 0 Å². The van der Waals surface area contributed by atoms with Crippen molar-refractivity contribution in [1.29, 1.82) is 0 Å². The molecular weight excluding hydrogens is 412 g/mol. The molecule has 0 aliphatic carbocycles. The Morgan fingerprint density at radius 1 is 1.06 bits per heavy atom. The summed E-state index contributed by atoms with van der Waals surface area (Å²) in [6, 6.07) is 14.2. The number of aryl methyl sites for hydroxylation is 1. The normalized spacial score (nSPS) is 25.4. The predicted molar refractivity (Wildman–Crippen MR) is 133 cm³/mol. The van der Waals surface area contributed by atoms with Gasteiger partial charge >= 0.3 is 0 Å². The van der Waals surface area contributed by atoms with Gasteiger partial charge in [0.05, 0.1) is 11.7 Å². The Hall–Kier alpha value is -2.90. The van der Waals surface area contributed by atoms with E-state index in [9.17, 15) is 4.79 Å². The van der Waals surface area contributed by atoms with E-state index in [0.29, 0.717) is 18.1 Å². The van der Waals surface area contributed by atoms with Crippen molar-refractivity contribution in [3.63, 3.8) is 0 Å². The molecule has 1 aromatic carbocycles. The highest BCUT2D eigenvalue weighted by molar-refractivity contribution is 5.89. The number of pyridine rings is 2. The summed E-state index contributed by atoms with van der Waals surface area (Å²) in [5.41, 5.74) is 5.98. The van der Waals surface area contributed by atoms with Gasteiger partial charge in [-0.1, -0.05) is 6.07 Å². The summed E-state index contributed by atoms with van der Waals surface area (Å²) in [7, 11) is 1.80. The van der Waals surface area contributed by atoms with Crippen LogP contribution in [0.5, 0.6) is 0 Å². The maximum Gasteiger partial charge on any atom is 0.253 e. The molecule has 2 fully saturated rings. The lowest BCUT2D eigenvalue weighted by Crippen LogP contribution is -2.51. The molecule has 0 spiro atoms. The molecule has 7 nitrogen and oxygen atoms in total. The van der Waals surface area contributed by atoms with E-state index in [2.05, 4.69) is 63.1 Å². The first-order valence-electron chi connectivity index (χ1n) is 12.1. The molecule has 7 heteroatoms. The van der Waals surface area contributed by atoms with E-state index in [1.54, 1.807) is 23.9 Å². The Balaban J connectivity index is 1.34. The van der Waals surface area contributed by atoms with E-state index in [1.165, 1.54) is 16.8 Å². The Kier molecular flexibility index (Phi) is 4.92. The smallest absolute Gasteiger partial charge is 0.253 e. The van der Waals surface area contributed by atoms with Crippen LogP contribution in [0.25, 0.3) is 11.0 Å². The van der Waals surface area contributed by atoms with Crippen molar-refractivity contribution >= 4 is 22.4 Å². The fraction of sp³-hybridized carbons (Fsp3) is 0.462. The van der Waals surface area contributed by atoms with E-state index >= 15 is 0 Å². The van der Waals surface area contributed by atoms with Crippen LogP contribution in [-0.4, -0.2) is 59.3 Å². The molecule has 5 heterocycles. The molecule has 0 unspecified atom stereocenters. The largest absolute Gasteiger partial charge is 0.369 e. The molecule has 3 aromatic rings. The summed E-state index contributed by atoms with van der Waals surface area (Å²) < 4.78 is 1.64. The maximum absolute atomic E-state index is 12.7. The lowest BCUT2D eigenvalue weighted by molar-refractivity contribution is 0.134. The number of anilines is 2.